The summed E-state index contributed by atoms with van der Waals surface area (Å²) in [6, 6.07) is 17.3. The van der Waals surface area contributed by atoms with Crippen LogP contribution in [0.1, 0.15) is 11.8 Å². The molecular weight excluding hydrogens is 514 g/mol. The molecule has 0 saturated heterocycles. The van der Waals surface area contributed by atoms with Crippen molar-refractivity contribution in [2.75, 3.05) is 16.8 Å². The van der Waals surface area contributed by atoms with E-state index in [4.69, 9.17) is 25.5 Å². The Morgan fingerprint density at radius 3 is 2.74 bits per heavy atom. The molecule has 1 atom stereocenters. The van der Waals surface area contributed by atoms with E-state index in [0.717, 1.165) is 10.1 Å². The summed E-state index contributed by atoms with van der Waals surface area (Å²) >= 11 is 7.28. The molecule has 3 heterocycles. The van der Waals surface area contributed by atoms with Crippen molar-refractivity contribution in [3.05, 3.63) is 71.2 Å². The first-order chi connectivity index (χ1) is 16.8. The molecular formula is C23H18ClN3O6S2. The summed E-state index contributed by atoms with van der Waals surface area (Å²) in [5.41, 5.74) is 2.11. The van der Waals surface area contributed by atoms with Gasteiger partial charge in [-0.3, -0.25) is 9.11 Å². The lowest BCUT2D eigenvalue weighted by Gasteiger charge is -2.29. The van der Waals surface area contributed by atoms with Crippen LogP contribution in [-0.2, 0) is 0 Å². The predicted molar refractivity (Wildman–Crippen MR) is 137 cm³/mol. The lowest BCUT2D eigenvalue weighted by atomic mass is 10.1. The van der Waals surface area contributed by atoms with Crippen LogP contribution < -0.4 is 19.5 Å². The van der Waals surface area contributed by atoms with Crippen LogP contribution in [0.5, 0.6) is 11.5 Å². The molecule has 3 aromatic carbocycles. The van der Waals surface area contributed by atoms with E-state index in [0.29, 0.717) is 43.1 Å². The molecule has 0 bridgehead atoms. The lowest BCUT2D eigenvalue weighted by Crippen LogP contribution is -2.09. The van der Waals surface area contributed by atoms with Crippen LogP contribution in [0.4, 0.5) is 11.7 Å². The number of oxazole rings is 1. The Morgan fingerprint density at radius 2 is 1.86 bits per heavy atom. The van der Waals surface area contributed by atoms with Gasteiger partial charge < -0.3 is 24.3 Å². The fourth-order valence-electron chi connectivity index (χ4n) is 3.69. The number of hydrogen-bond donors (Lipinski definition) is 5. The van der Waals surface area contributed by atoms with Crippen LogP contribution in [0.3, 0.4) is 0 Å². The average molecular weight is 532 g/mol. The number of anilines is 2. The summed E-state index contributed by atoms with van der Waals surface area (Å²) < 4.78 is 41.6. The summed E-state index contributed by atoms with van der Waals surface area (Å²) in [5, 5.41) is 15.0. The number of ether oxygens (including phenoxy) is 2. The van der Waals surface area contributed by atoms with Crippen LogP contribution in [-0.4, -0.2) is 26.0 Å². The largest absolute Gasteiger partial charge is 0.454 e. The molecule has 0 radical (unpaired) electrons. The molecule has 5 aromatic rings. The highest BCUT2D eigenvalue weighted by Gasteiger charge is 2.22. The van der Waals surface area contributed by atoms with E-state index in [9.17, 15) is 14.2 Å². The first-order valence-corrected chi connectivity index (χ1v) is 13.1. The van der Waals surface area contributed by atoms with Gasteiger partial charge in [-0.15, -0.1) is 11.3 Å². The summed E-state index contributed by atoms with van der Waals surface area (Å²) in [7, 11) is -3.41. The minimum atomic E-state index is -3.41. The number of rotatable bonds is 6. The summed E-state index contributed by atoms with van der Waals surface area (Å²) in [6.45, 7) is 0.156. The monoisotopic (exact) mass is 531 g/mol. The number of fused-ring (bicyclic) bond motifs is 3. The number of benzene rings is 3. The predicted octanol–water partition coefficient (Wildman–Crippen LogP) is 6.66. The van der Waals surface area contributed by atoms with E-state index in [1.807, 2.05) is 6.07 Å². The molecule has 1 aliphatic heterocycles. The topological polar surface area (TPSA) is 129 Å². The molecule has 180 valence electrons. The van der Waals surface area contributed by atoms with Crippen LogP contribution in [0.2, 0.25) is 5.02 Å². The second-order valence-electron chi connectivity index (χ2n) is 7.76. The van der Waals surface area contributed by atoms with Crippen molar-refractivity contribution < 1.29 is 28.1 Å². The first kappa shape index (κ1) is 22.3. The number of nitrogens with one attached hydrogen (secondary N) is 2. The minimum absolute atomic E-state index is 0.0380. The number of aliphatic hydroxyl groups is 1. The number of hydrogen-bond acceptors (Lipinski definition) is 10. The Balaban J connectivity index is 1.21. The number of nitrogens with zero attached hydrogens (tertiary/aromatic N) is 1. The average Bonchev–Trinajstić information content (AvgIpc) is 3.55. The third-order valence-corrected chi connectivity index (χ3v) is 8.60. The smallest absolute Gasteiger partial charge is 0.314 e. The molecule has 0 fully saturated rings. The molecule has 2 aromatic heterocycles. The summed E-state index contributed by atoms with van der Waals surface area (Å²) in [6.07, 6.45) is -1.00. The zero-order valence-corrected chi connectivity index (χ0v) is 20.2. The molecule has 1 aliphatic rings. The fourth-order valence-corrected chi connectivity index (χ4v) is 6.22. The van der Waals surface area contributed by atoms with Gasteiger partial charge in [-0.1, -0.05) is 28.4 Å². The number of thiophene rings is 1. The van der Waals surface area contributed by atoms with Gasteiger partial charge in [0, 0.05) is 21.0 Å². The molecule has 0 aliphatic carbocycles. The fraction of sp³-hybridized carbons (Fsp3) is 0.0870. The zero-order valence-electron chi connectivity index (χ0n) is 17.8. The van der Waals surface area contributed by atoms with Crippen molar-refractivity contribution in [2.45, 2.75) is 10.4 Å². The molecule has 0 amide bonds. The van der Waals surface area contributed by atoms with Crippen LogP contribution in [0.15, 0.2) is 69.3 Å². The van der Waals surface area contributed by atoms with Crippen molar-refractivity contribution in [2.24, 2.45) is 0 Å². The minimum Gasteiger partial charge on any atom is -0.454 e. The highest BCUT2D eigenvalue weighted by atomic mass is 35.5. The Hall–Kier alpha value is -3.19. The normalized spacial score (nSPS) is 14.4. The van der Waals surface area contributed by atoms with Crippen molar-refractivity contribution in [3.63, 3.8) is 0 Å². The lowest BCUT2D eigenvalue weighted by molar-refractivity contribution is 0.173. The molecule has 35 heavy (non-hydrogen) atoms. The maximum Gasteiger partial charge on any atom is 0.314 e. The van der Waals surface area contributed by atoms with Gasteiger partial charge in [0.05, 0.1) is 0 Å². The van der Waals surface area contributed by atoms with E-state index < -0.39 is 17.0 Å². The van der Waals surface area contributed by atoms with Gasteiger partial charge in [0.2, 0.25) is 6.79 Å². The van der Waals surface area contributed by atoms with Gasteiger partial charge in [-0.25, -0.2) is 4.72 Å². The van der Waals surface area contributed by atoms with Gasteiger partial charge in [0.15, 0.2) is 23.3 Å². The van der Waals surface area contributed by atoms with E-state index in [1.54, 1.807) is 54.6 Å². The zero-order chi connectivity index (χ0) is 24.2. The molecule has 9 nitrogen and oxygen atoms in total. The maximum atomic E-state index is 10.7. The molecule has 6 rings (SSSR count). The SMILES string of the molecule is OC(Nc1ccc2oc(NS(O)(O)c3cc4cc(Cl)ccc4s3)nc2c1)c1ccc2c(c1)OCO2. The molecule has 5 N–H and O–H groups in total. The Kier molecular flexibility index (Phi) is 5.40. The maximum absolute atomic E-state index is 10.7. The van der Waals surface area contributed by atoms with Crippen molar-refractivity contribution >= 4 is 66.6 Å². The standard InChI is InChI=1S/C23H18ClN3O6S2/c24-14-2-6-20-13(7-14)9-21(34-20)35(29,30)27-23-26-16-10-15(3-5-17(16)33-23)25-22(28)12-1-4-18-19(8-12)32-11-31-18/h1-10,22,25,28-30H,11H2,(H,26,27). The van der Waals surface area contributed by atoms with Crippen molar-refractivity contribution in [3.8, 4) is 11.5 Å². The Bertz CT molecular complexity index is 1570. The summed E-state index contributed by atoms with van der Waals surface area (Å²) in [5.74, 6) is 1.21. The Labute approximate surface area is 209 Å². The highest BCUT2D eigenvalue weighted by molar-refractivity contribution is 8.26. The van der Waals surface area contributed by atoms with Crippen LogP contribution >= 0.6 is 33.7 Å². The molecule has 12 heteroatoms. The van der Waals surface area contributed by atoms with Crippen LogP contribution in [0.25, 0.3) is 21.2 Å². The molecule has 0 spiro atoms. The number of aliphatic hydroxyl groups excluding tert-OH is 1. The summed E-state index contributed by atoms with van der Waals surface area (Å²) in [4.78, 5) is 4.33. The van der Waals surface area contributed by atoms with E-state index in [-0.39, 0.29) is 12.8 Å². The number of aromatic nitrogens is 1. The van der Waals surface area contributed by atoms with Gasteiger partial charge in [-0.05, 0) is 60.0 Å². The molecule has 1 unspecified atom stereocenters. The third-order valence-electron chi connectivity index (χ3n) is 5.37. The van der Waals surface area contributed by atoms with Crippen molar-refractivity contribution in [1.29, 1.82) is 0 Å². The quantitative estimate of drug-likeness (QED) is 0.153. The van der Waals surface area contributed by atoms with Gasteiger partial charge in [0.25, 0.3) is 0 Å². The Morgan fingerprint density at radius 1 is 1.00 bits per heavy atom. The van der Waals surface area contributed by atoms with Gasteiger partial charge in [0.1, 0.15) is 9.73 Å². The van der Waals surface area contributed by atoms with Gasteiger partial charge in [-0.2, -0.15) is 4.98 Å². The highest BCUT2D eigenvalue weighted by Crippen LogP contribution is 2.52. The van der Waals surface area contributed by atoms with E-state index in [1.165, 1.54) is 11.3 Å². The van der Waals surface area contributed by atoms with Crippen molar-refractivity contribution in [1.82, 2.24) is 4.98 Å². The van der Waals surface area contributed by atoms with E-state index in [2.05, 4.69) is 15.0 Å². The second kappa shape index (κ2) is 8.48. The first-order valence-electron chi connectivity index (χ1n) is 10.3. The second-order valence-corrected chi connectivity index (χ2v) is 11.3. The van der Waals surface area contributed by atoms with Crippen LogP contribution in [0, 0.1) is 0 Å². The third kappa shape index (κ3) is 4.33. The number of halogens is 1. The van der Waals surface area contributed by atoms with Gasteiger partial charge >= 0.3 is 6.01 Å². The molecule has 0 saturated carbocycles. The van der Waals surface area contributed by atoms with E-state index >= 15 is 0 Å².